The van der Waals surface area contributed by atoms with Gasteiger partial charge < -0.3 is 21.5 Å². The number of rotatable bonds is 7. The number of primary amides is 1. The van der Waals surface area contributed by atoms with Crippen LogP contribution in [-0.2, 0) is 9.84 Å². The molecule has 1 aromatic heterocycles. The minimum atomic E-state index is -3.65. The Balaban J connectivity index is 2.05. The molecule has 0 unspecified atom stereocenters. The van der Waals surface area contributed by atoms with Crippen LogP contribution in [0.4, 0.5) is 17.5 Å². The van der Waals surface area contributed by atoms with Gasteiger partial charge in [0, 0.05) is 0 Å². The smallest absolute Gasteiger partial charge is 0.267 e. The summed E-state index contributed by atoms with van der Waals surface area (Å²) in [4.78, 5) is 31.0. The lowest BCUT2D eigenvalue weighted by atomic mass is 10.2. The van der Waals surface area contributed by atoms with Crippen molar-refractivity contribution < 1.29 is 18.3 Å². The summed E-state index contributed by atoms with van der Waals surface area (Å²) in [6.07, 6.45) is 1.57. The van der Waals surface area contributed by atoms with Gasteiger partial charge in [0.05, 0.1) is 28.0 Å². The van der Waals surface area contributed by atoms with Crippen molar-refractivity contribution in [2.75, 3.05) is 10.6 Å². The highest BCUT2D eigenvalue weighted by atomic mass is 32.2. The fourth-order valence-corrected chi connectivity index (χ4v) is 4.55. The van der Waals surface area contributed by atoms with Crippen molar-refractivity contribution in [3.63, 3.8) is 0 Å². The fraction of sp³-hybridized carbons (Fsp3) is 0.421. The molecule has 0 bridgehead atoms. The average molecular weight is 436 g/mol. The quantitative estimate of drug-likeness (QED) is 0.431. The number of carbonyl (C=O) groups is 1. The number of hydrogen-bond acceptors (Lipinski definition) is 8. The number of aromatic amines is 1. The van der Waals surface area contributed by atoms with Gasteiger partial charge in [-0.2, -0.15) is 4.98 Å². The number of H-pyrrole nitrogens is 1. The second-order valence-electron chi connectivity index (χ2n) is 7.47. The molecule has 10 nitrogen and oxygen atoms in total. The van der Waals surface area contributed by atoms with E-state index >= 15 is 0 Å². The van der Waals surface area contributed by atoms with E-state index in [4.69, 9.17) is 5.73 Å². The molecule has 2 atom stereocenters. The minimum absolute atomic E-state index is 0.0122. The molecular weight excluding hydrogens is 410 g/mol. The first-order valence-electron chi connectivity index (χ1n) is 9.60. The third kappa shape index (κ3) is 4.31. The van der Waals surface area contributed by atoms with Gasteiger partial charge >= 0.3 is 0 Å². The molecule has 1 aromatic carbocycles. The molecule has 0 saturated heterocycles. The number of nitrogens with one attached hydrogen (secondary N) is 3. The van der Waals surface area contributed by atoms with E-state index in [2.05, 4.69) is 20.6 Å². The van der Waals surface area contributed by atoms with E-state index in [9.17, 15) is 23.1 Å². The van der Waals surface area contributed by atoms with E-state index in [1.54, 1.807) is 26.0 Å². The number of para-hydroxylation sites is 1. The van der Waals surface area contributed by atoms with Crippen LogP contribution in [0.2, 0.25) is 0 Å². The Labute approximate surface area is 173 Å². The van der Waals surface area contributed by atoms with Crippen LogP contribution in [0.5, 0.6) is 0 Å². The van der Waals surface area contributed by atoms with Gasteiger partial charge in [-0.05, 0) is 45.2 Å². The SMILES string of the molecule is CC(C)S(=O)(=O)c1ccccc1Nc1nc(N[C@H]2CCC[C@H]2O)[nH]c(=O)c1C(N)=O. The molecule has 1 heterocycles. The zero-order valence-electron chi connectivity index (χ0n) is 16.7. The van der Waals surface area contributed by atoms with Gasteiger partial charge in [0.2, 0.25) is 5.95 Å². The molecule has 1 aliphatic carbocycles. The van der Waals surface area contributed by atoms with Crippen LogP contribution in [0, 0.1) is 0 Å². The fourth-order valence-electron chi connectivity index (χ4n) is 3.34. The number of benzene rings is 1. The van der Waals surface area contributed by atoms with Gasteiger partial charge in [-0.25, -0.2) is 8.42 Å². The first kappa shape index (κ1) is 21.8. The Morgan fingerprint density at radius 2 is 2.00 bits per heavy atom. The number of aromatic nitrogens is 2. The largest absolute Gasteiger partial charge is 0.391 e. The molecule has 2 aromatic rings. The molecule has 1 fully saturated rings. The number of sulfone groups is 1. The first-order chi connectivity index (χ1) is 14.1. The van der Waals surface area contributed by atoms with Crippen molar-refractivity contribution in [1.29, 1.82) is 0 Å². The Hall–Kier alpha value is -2.92. The number of carbonyl (C=O) groups excluding carboxylic acids is 1. The van der Waals surface area contributed by atoms with Gasteiger partial charge in [-0.3, -0.25) is 14.6 Å². The monoisotopic (exact) mass is 435 g/mol. The zero-order chi connectivity index (χ0) is 22.1. The topological polar surface area (TPSA) is 167 Å². The molecule has 6 N–H and O–H groups in total. The maximum atomic E-state index is 12.7. The van der Waals surface area contributed by atoms with Gasteiger partial charge in [-0.15, -0.1) is 0 Å². The van der Waals surface area contributed by atoms with Crippen molar-refractivity contribution in [3.05, 3.63) is 40.2 Å². The number of aliphatic hydroxyl groups excluding tert-OH is 1. The summed E-state index contributed by atoms with van der Waals surface area (Å²) in [5.74, 6) is -1.14. The zero-order valence-corrected chi connectivity index (χ0v) is 17.5. The third-order valence-electron chi connectivity index (χ3n) is 5.03. The van der Waals surface area contributed by atoms with Crippen molar-refractivity contribution in [1.82, 2.24) is 9.97 Å². The summed E-state index contributed by atoms with van der Waals surface area (Å²) in [5, 5.41) is 15.1. The second kappa shape index (κ2) is 8.44. The highest BCUT2D eigenvalue weighted by Gasteiger charge is 2.27. The van der Waals surface area contributed by atoms with E-state index in [1.165, 1.54) is 12.1 Å². The Morgan fingerprint density at radius 3 is 2.60 bits per heavy atom. The Morgan fingerprint density at radius 1 is 1.30 bits per heavy atom. The molecule has 1 aliphatic rings. The van der Waals surface area contributed by atoms with Crippen LogP contribution < -0.4 is 21.9 Å². The van der Waals surface area contributed by atoms with Crippen LogP contribution in [0.15, 0.2) is 34.0 Å². The van der Waals surface area contributed by atoms with Gasteiger partial charge in [0.1, 0.15) is 5.56 Å². The van der Waals surface area contributed by atoms with Crippen LogP contribution in [-0.4, -0.2) is 46.8 Å². The number of hydrogen-bond donors (Lipinski definition) is 5. The van der Waals surface area contributed by atoms with Crippen molar-refractivity contribution in [2.45, 2.75) is 55.4 Å². The van der Waals surface area contributed by atoms with E-state index < -0.39 is 38.2 Å². The number of aliphatic hydroxyl groups is 1. The predicted molar refractivity (Wildman–Crippen MR) is 113 cm³/mol. The summed E-state index contributed by atoms with van der Waals surface area (Å²) in [5.41, 5.74) is 4.32. The van der Waals surface area contributed by atoms with E-state index in [0.29, 0.717) is 12.8 Å². The van der Waals surface area contributed by atoms with Crippen LogP contribution >= 0.6 is 0 Å². The number of nitrogens with zero attached hydrogens (tertiary/aromatic N) is 1. The maximum absolute atomic E-state index is 12.7. The molecule has 162 valence electrons. The summed E-state index contributed by atoms with van der Waals surface area (Å²) in [6.45, 7) is 3.11. The molecule has 0 aliphatic heterocycles. The lowest BCUT2D eigenvalue weighted by Gasteiger charge is -2.19. The van der Waals surface area contributed by atoms with Crippen molar-refractivity contribution >= 4 is 33.2 Å². The summed E-state index contributed by atoms with van der Waals surface area (Å²) < 4.78 is 25.4. The molecule has 3 rings (SSSR count). The molecule has 0 spiro atoms. The van der Waals surface area contributed by atoms with Gasteiger partial charge in [0.15, 0.2) is 15.7 Å². The van der Waals surface area contributed by atoms with Crippen LogP contribution in [0.3, 0.4) is 0 Å². The third-order valence-corrected chi connectivity index (χ3v) is 7.24. The minimum Gasteiger partial charge on any atom is -0.391 e. The summed E-state index contributed by atoms with van der Waals surface area (Å²) in [6, 6.07) is 5.84. The van der Waals surface area contributed by atoms with E-state index in [-0.39, 0.29) is 28.4 Å². The summed E-state index contributed by atoms with van der Waals surface area (Å²) >= 11 is 0. The van der Waals surface area contributed by atoms with E-state index in [1.807, 2.05) is 0 Å². The number of amides is 1. The van der Waals surface area contributed by atoms with Crippen LogP contribution in [0.1, 0.15) is 43.5 Å². The lowest BCUT2D eigenvalue weighted by molar-refractivity contribution is 0.0999. The molecule has 30 heavy (non-hydrogen) atoms. The lowest BCUT2D eigenvalue weighted by Crippen LogP contribution is -2.32. The molecule has 0 radical (unpaired) electrons. The summed E-state index contributed by atoms with van der Waals surface area (Å²) in [7, 11) is -3.65. The highest BCUT2D eigenvalue weighted by molar-refractivity contribution is 7.92. The Kier molecular flexibility index (Phi) is 6.13. The Bertz CT molecular complexity index is 1110. The van der Waals surface area contributed by atoms with E-state index in [0.717, 1.165) is 6.42 Å². The second-order valence-corrected chi connectivity index (χ2v) is 9.94. The van der Waals surface area contributed by atoms with Crippen molar-refractivity contribution in [2.24, 2.45) is 5.73 Å². The molecule has 1 amide bonds. The average Bonchev–Trinajstić information content (AvgIpc) is 3.06. The van der Waals surface area contributed by atoms with Gasteiger partial charge in [0.25, 0.3) is 11.5 Å². The predicted octanol–water partition coefficient (Wildman–Crippen LogP) is 1.12. The highest BCUT2D eigenvalue weighted by Crippen LogP contribution is 2.28. The standard InChI is InChI=1S/C19H25N5O5S/c1-10(2)30(28,29)14-9-4-3-6-12(14)21-17-15(16(20)26)18(27)24-19(23-17)22-11-7-5-8-13(11)25/h3-4,6,9-11,13,25H,5,7-8H2,1-2H3,(H2,20,26)(H3,21,22,23,24,27)/t11-,13+/m0/s1. The van der Waals surface area contributed by atoms with Gasteiger partial charge in [-0.1, -0.05) is 12.1 Å². The molecule has 11 heteroatoms. The molecule has 1 saturated carbocycles. The van der Waals surface area contributed by atoms with Crippen LogP contribution in [0.25, 0.3) is 0 Å². The maximum Gasteiger partial charge on any atom is 0.267 e. The number of nitrogens with two attached hydrogens (primary N) is 1. The van der Waals surface area contributed by atoms with Crippen molar-refractivity contribution in [3.8, 4) is 0 Å². The molecular formula is C19H25N5O5S. The number of anilines is 3. The first-order valence-corrected chi connectivity index (χ1v) is 11.1. The normalized spacial score (nSPS) is 19.1.